The fraction of sp³-hybridized carbons (Fsp3) is 0.333. The summed E-state index contributed by atoms with van der Waals surface area (Å²) >= 11 is 0. The normalized spacial score (nSPS) is 14.0. The van der Waals surface area contributed by atoms with E-state index in [-0.39, 0.29) is 18.0 Å². The van der Waals surface area contributed by atoms with E-state index in [2.05, 4.69) is 4.72 Å². The van der Waals surface area contributed by atoms with Crippen molar-refractivity contribution in [1.29, 1.82) is 0 Å². The molecule has 0 aliphatic carbocycles. The predicted octanol–water partition coefficient (Wildman–Crippen LogP) is 2.51. The highest BCUT2D eigenvalue weighted by molar-refractivity contribution is 7.89. The van der Waals surface area contributed by atoms with Gasteiger partial charge in [-0.2, -0.15) is 0 Å². The molecule has 2 aromatic rings. The third-order valence-electron chi connectivity index (χ3n) is 3.71. The number of hydrogen-bond donors (Lipinski definition) is 1. The van der Waals surface area contributed by atoms with Crippen LogP contribution in [0.1, 0.15) is 12.0 Å². The number of aryl methyl sites for hydroxylation is 1. The molecule has 1 N–H and O–H groups in total. The van der Waals surface area contributed by atoms with Crippen molar-refractivity contribution >= 4 is 10.0 Å². The summed E-state index contributed by atoms with van der Waals surface area (Å²) < 4.78 is 43.9. The Labute approximate surface area is 147 Å². The molecule has 6 nitrogen and oxygen atoms in total. The van der Waals surface area contributed by atoms with Crippen molar-refractivity contribution in [3.63, 3.8) is 0 Å². The molecule has 7 heteroatoms. The molecule has 3 rings (SSSR count). The predicted molar refractivity (Wildman–Crippen MR) is 93.9 cm³/mol. The van der Waals surface area contributed by atoms with Gasteiger partial charge in [-0.15, -0.1) is 0 Å². The maximum atomic E-state index is 12.4. The standard InChI is InChI=1S/C18H21NO5S/c1-14-3-5-15(6-4-14)22-12-9-19-25(20,21)16-7-8-17-18(13-16)24-11-2-10-23-17/h3-8,13,19H,2,9-12H2,1H3. The van der Waals surface area contributed by atoms with Gasteiger partial charge in [0.05, 0.1) is 18.1 Å². The van der Waals surface area contributed by atoms with Gasteiger partial charge in [-0.3, -0.25) is 0 Å². The number of hydrogen-bond acceptors (Lipinski definition) is 5. The zero-order valence-corrected chi connectivity index (χ0v) is 14.8. The first kappa shape index (κ1) is 17.6. The lowest BCUT2D eigenvalue weighted by atomic mass is 10.2. The van der Waals surface area contributed by atoms with Gasteiger partial charge in [0.25, 0.3) is 0 Å². The minimum atomic E-state index is -3.63. The number of rotatable bonds is 6. The maximum absolute atomic E-state index is 12.4. The minimum absolute atomic E-state index is 0.145. The van der Waals surface area contributed by atoms with Gasteiger partial charge in [-0.1, -0.05) is 17.7 Å². The van der Waals surface area contributed by atoms with Crippen LogP contribution in [0.4, 0.5) is 0 Å². The third kappa shape index (κ3) is 4.64. The Morgan fingerprint density at radius 1 is 1.04 bits per heavy atom. The highest BCUT2D eigenvalue weighted by Crippen LogP contribution is 2.31. The molecule has 0 unspecified atom stereocenters. The van der Waals surface area contributed by atoms with Gasteiger partial charge in [0.2, 0.25) is 10.0 Å². The fourth-order valence-corrected chi connectivity index (χ4v) is 3.40. The zero-order chi connectivity index (χ0) is 17.7. The monoisotopic (exact) mass is 363 g/mol. The van der Waals surface area contributed by atoms with Crippen LogP contribution in [-0.4, -0.2) is 34.8 Å². The molecule has 0 bridgehead atoms. The molecule has 0 saturated heterocycles. The Bertz CT molecular complexity index is 818. The van der Waals surface area contributed by atoms with Gasteiger partial charge in [0, 0.05) is 19.0 Å². The average molecular weight is 363 g/mol. The van der Waals surface area contributed by atoms with E-state index in [1.807, 2.05) is 31.2 Å². The summed E-state index contributed by atoms with van der Waals surface area (Å²) in [5.41, 5.74) is 1.14. The van der Waals surface area contributed by atoms with Crippen LogP contribution in [0.15, 0.2) is 47.4 Å². The first-order valence-corrected chi connectivity index (χ1v) is 9.62. The summed E-state index contributed by atoms with van der Waals surface area (Å²) in [4.78, 5) is 0.145. The number of sulfonamides is 1. The summed E-state index contributed by atoms with van der Waals surface area (Å²) in [7, 11) is -3.63. The second-order valence-electron chi connectivity index (χ2n) is 5.72. The van der Waals surface area contributed by atoms with Crippen LogP contribution in [0.3, 0.4) is 0 Å². The van der Waals surface area contributed by atoms with E-state index < -0.39 is 10.0 Å². The van der Waals surface area contributed by atoms with E-state index in [0.717, 1.165) is 12.0 Å². The van der Waals surface area contributed by atoms with Crippen molar-refractivity contribution < 1.29 is 22.6 Å². The van der Waals surface area contributed by atoms with Crippen molar-refractivity contribution in [3.8, 4) is 17.2 Å². The number of fused-ring (bicyclic) bond motifs is 1. The van der Waals surface area contributed by atoms with Gasteiger partial charge in [0.1, 0.15) is 12.4 Å². The highest BCUT2D eigenvalue weighted by Gasteiger charge is 2.18. The summed E-state index contributed by atoms with van der Waals surface area (Å²) in [5, 5.41) is 0. The van der Waals surface area contributed by atoms with Crippen molar-refractivity contribution in [3.05, 3.63) is 48.0 Å². The molecule has 0 saturated carbocycles. The van der Waals surface area contributed by atoms with Gasteiger partial charge in [-0.25, -0.2) is 13.1 Å². The van der Waals surface area contributed by atoms with Gasteiger partial charge < -0.3 is 14.2 Å². The second-order valence-corrected chi connectivity index (χ2v) is 7.49. The largest absolute Gasteiger partial charge is 0.492 e. The molecule has 134 valence electrons. The molecule has 0 spiro atoms. The maximum Gasteiger partial charge on any atom is 0.240 e. The van der Waals surface area contributed by atoms with Crippen molar-refractivity contribution in [2.75, 3.05) is 26.4 Å². The average Bonchev–Trinajstić information content (AvgIpc) is 2.85. The lowest BCUT2D eigenvalue weighted by Gasteiger charge is -2.11. The van der Waals surface area contributed by atoms with E-state index in [1.54, 1.807) is 6.07 Å². The van der Waals surface area contributed by atoms with Crippen LogP contribution in [0.2, 0.25) is 0 Å². The summed E-state index contributed by atoms with van der Waals surface area (Å²) in [5.74, 6) is 1.73. The van der Waals surface area contributed by atoms with Crippen molar-refractivity contribution in [1.82, 2.24) is 4.72 Å². The van der Waals surface area contributed by atoms with Crippen LogP contribution in [-0.2, 0) is 10.0 Å². The van der Waals surface area contributed by atoms with Gasteiger partial charge in [-0.05, 0) is 31.2 Å². The fourth-order valence-electron chi connectivity index (χ4n) is 2.37. The van der Waals surface area contributed by atoms with Crippen LogP contribution in [0, 0.1) is 6.92 Å². The van der Waals surface area contributed by atoms with Crippen LogP contribution >= 0.6 is 0 Å². The molecule has 0 atom stereocenters. The molecule has 25 heavy (non-hydrogen) atoms. The zero-order valence-electron chi connectivity index (χ0n) is 14.0. The van der Waals surface area contributed by atoms with E-state index in [1.165, 1.54) is 12.1 Å². The Kier molecular flexibility index (Phi) is 5.45. The minimum Gasteiger partial charge on any atom is -0.492 e. The van der Waals surface area contributed by atoms with Crippen LogP contribution in [0.25, 0.3) is 0 Å². The number of nitrogens with one attached hydrogen (secondary N) is 1. The second kappa shape index (κ2) is 7.76. The molecule has 0 radical (unpaired) electrons. The van der Waals surface area contributed by atoms with E-state index in [9.17, 15) is 8.42 Å². The van der Waals surface area contributed by atoms with E-state index in [4.69, 9.17) is 14.2 Å². The molecular formula is C18H21NO5S. The summed E-state index contributed by atoms with van der Waals surface area (Å²) in [6.45, 7) is 3.48. The SMILES string of the molecule is Cc1ccc(OCCNS(=O)(=O)c2ccc3c(c2)OCCCO3)cc1. The topological polar surface area (TPSA) is 73.9 Å². The van der Waals surface area contributed by atoms with E-state index >= 15 is 0 Å². The van der Waals surface area contributed by atoms with E-state index in [0.29, 0.717) is 30.5 Å². The third-order valence-corrected chi connectivity index (χ3v) is 5.17. The summed E-state index contributed by atoms with van der Waals surface area (Å²) in [6, 6.07) is 12.2. The molecule has 1 heterocycles. The first-order chi connectivity index (χ1) is 12.0. The van der Waals surface area contributed by atoms with Gasteiger partial charge >= 0.3 is 0 Å². The lowest BCUT2D eigenvalue weighted by Crippen LogP contribution is -2.28. The van der Waals surface area contributed by atoms with Crippen LogP contribution < -0.4 is 18.9 Å². The Hall–Kier alpha value is -2.25. The molecule has 1 aliphatic rings. The quantitative estimate of drug-likeness (QED) is 0.799. The number of benzene rings is 2. The molecule has 2 aromatic carbocycles. The number of ether oxygens (including phenoxy) is 3. The lowest BCUT2D eigenvalue weighted by molar-refractivity contribution is 0.297. The molecule has 0 aromatic heterocycles. The van der Waals surface area contributed by atoms with Gasteiger partial charge in [0.15, 0.2) is 11.5 Å². The molecule has 0 amide bonds. The summed E-state index contributed by atoms with van der Waals surface area (Å²) in [6.07, 6.45) is 0.769. The van der Waals surface area contributed by atoms with Crippen molar-refractivity contribution in [2.45, 2.75) is 18.2 Å². The highest BCUT2D eigenvalue weighted by atomic mass is 32.2. The Morgan fingerprint density at radius 3 is 2.52 bits per heavy atom. The van der Waals surface area contributed by atoms with Crippen molar-refractivity contribution in [2.24, 2.45) is 0 Å². The Balaban J connectivity index is 1.58. The molecule has 1 aliphatic heterocycles. The Morgan fingerprint density at radius 2 is 1.76 bits per heavy atom. The molecular weight excluding hydrogens is 342 g/mol. The van der Waals surface area contributed by atoms with Crippen LogP contribution in [0.5, 0.6) is 17.2 Å². The smallest absolute Gasteiger partial charge is 0.240 e. The molecule has 0 fully saturated rings. The first-order valence-electron chi connectivity index (χ1n) is 8.13.